The first kappa shape index (κ1) is 17.8. The molecule has 0 atom stereocenters. The maximum Gasteiger partial charge on any atom is 0.334 e. The average molecular weight is 357 g/mol. The lowest BCUT2D eigenvalue weighted by Gasteiger charge is -2.21. The largest absolute Gasteiger partial charge is 0.334 e. The number of urea groups is 1. The Bertz CT molecular complexity index is 798. The molecule has 5 amide bonds. The van der Waals surface area contributed by atoms with Gasteiger partial charge in [-0.2, -0.15) is 0 Å². The van der Waals surface area contributed by atoms with Gasteiger partial charge in [0.25, 0.3) is 0 Å². The molecule has 136 valence electrons. The van der Waals surface area contributed by atoms with Crippen LogP contribution in [0.15, 0.2) is 24.3 Å². The Labute approximate surface area is 150 Å². The average Bonchev–Trinajstić information content (AvgIpc) is 3.19. The highest BCUT2D eigenvalue weighted by molar-refractivity contribution is 6.45. The van der Waals surface area contributed by atoms with Crippen LogP contribution < -0.4 is 5.32 Å². The lowest BCUT2D eigenvalue weighted by atomic mass is 10.1. The van der Waals surface area contributed by atoms with E-state index in [1.54, 1.807) is 24.3 Å². The molecule has 1 aromatic rings. The zero-order valence-electron chi connectivity index (χ0n) is 14.4. The number of amides is 5. The van der Waals surface area contributed by atoms with E-state index >= 15 is 0 Å². The molecule has 1 aromatic carbocycles. The molecule has 2 aliphatic rings. The first-order valence-electron chi connectivity index (χ1n) is 8.49. The molecular formula is C18H19N3O5. The van der Waals surface area contributed by atoms with E-state index in [1.807, 2.05) is 0 Å². The van der Waals surface area contributed by atoms with Crippen molar-refractivity contribution in [1.82, 2.24) is 9.80 Å². The van der Waals surface area contributed by atoms with Crippen LogP contribution in [-0.2, 0) is 14.4 Å². The van der Waals surface area contributed by atoms with Crippen LogP contribution in [0.1, 0.15) is 43.0 Å². The number of anilines is 1. The standard InChI is InChI=1S/C18H19N3O5/c1-11(22)13-8-4-5-9-14(13)19-15(23)10-20-16(24)17(25)21(18(20)26)12-6-2-3-7-12/h4-5,8-9,12H,2-3,6-7,10H2,1H3,(H,19,23). The Morgan fingerprint density at radius 1 is 1.08 bits per heavy atom. The van der Waals surface area contributed by atoms with E-state index < -0.39 is 30.3 Å². The highest BCUT2D eigenvalue weighted by Crippen LogP contribution is 2.27. The van der Waals surface area contributed by atoms with Gasteiger partial charge < -0.3 is 5.32 Å². The third-order valence-corrected chi connectivity index (χ3v) is 4.66. The van der Waals surface area contributed by atoms with Gasteiger partial charge in [0.2, 0.25) is 5.91 Å². The summed E-state index contributed by atoms with van der Waals surface area (Å²) >= 11 is 0. The third-order valence-electron chi connectivity index (χ3n) is 4.66. The summed E-state index contributed by atoms with van der Waals surface area (Å²) in [6.45, 7) is 0.801. The fraction of sp³-hybridized carbons (Fsp3) is 0.389. The van der Waals surface area contributed by atoms with Gasteiger partial charge in [-0.05, 0) is 31.9 Å². The number of benzene rings is 1. The summed E-state index contributed by atoms with van der Waals surface area (Å²) in [5.74, 6) is -2.74. The number of Topliss-reactive ketones (excluding diaryl/α,β-unsaturated/α-hetero) is 1. The Kier molecular flexibility index (Phi) is 4.83. The van der Waals surface area contributed by atoms with Crippen LogP contribution in [0, 0.1) is 0 Å². The monoisotopic (exact) mass is 357 g/mol. The van der Waals surface area contributed by atoms with Gasteiger partial charge in [-0.1, -0.05) is 25.0 Å². The summed E-state index contributed by atoms with van der Waals surface area (Å²) < 4.78 is 0. The van der Waals surface area contributed by atoms with Gasteiger partial charge in [-0.3, -0.25) is 24.1 Å². The van der Waals surface area contributed by atoms with Crippen molar-refractivity contribution in [3.05, 3.63) is 29.8 Å². The molecule has 1 aliphatic heterocycles. The van der Waals surface area contributed by atoms with E-state index in [9.17, 15) is 24.0 Å². The van der Waals surface area contributed by atoms with E-state index in [4.69, 9.17) is 0 Å². The number of carbonyl (C=O) groups excluding carboxylic acids is 5. The van der Waals surface area contributed by atoms with Crippen molar-refractivity contribution < 1.29 is 24.0 Å². The number of imide groups is 2. The normalized spacial score (nSPS) is 18.0. The molecule has 0 bridgehead atoms. The summed E-state index contributed by atoms with van der Waals surface area (Å²) in [4.78, 5) is 62.2. The van der Waals surface area contributed by atoms with Gasteiger partial charge in [0.15, 0.2) is 5.78 Å². The quantitative estimate of drug-likeness (QED) is 0.489. The number of para-hydroxylation sites is 1. The van der Waals surface area contributed by atoms with Crippen molar-refractivity contribution in [2.75, 3.05) is 11.9 Å². The molecule has 1 heterocycles. The molecule has 1 saturated heterocycles. The number of nitrogens with zero attached hydrogens (tertiary/aromatic N) is 2. The zero-order valence-corrected chi connectivity index (χ0v) is 14.4. The van der Waals surface area contributed by atoms with Crippen molar-refractivity contribution in [3.8, 4) is 0 Å². The Hall–Kier alpha value is -3.03. The number of rotatable bonds is 5. The Balaban J connectivity index is 1.71. The second kappa shape index (κ2) is 7.07. The molecule has 0 spiro atoms. The lowest BCUT2D eigenvalue weighted by Crippen LogP contribution is -2.41. The molecule has 3 rings (SSSR count). The van der Waals surface area contributed by atoms with Gasteiger partial charge in [0.1, 0.15) is 6.54 Å². The van der Waals surface area contributed by atoms with Gasteiger partial charge >= 0.3 is 17.8 Å². The minimum Gasteiger partial charge on any atom is -0.324 e. The van der Waals surface area contributed by atoms with E-state index in [0.717, 1.165) is 17.7 Å². The van der Waals surface area contributed by atoms with Crippen LogP contribution >= 0.6 is 0 Å². The smallest absolute Gasteiger partial charge is 0.324 e. The molecule has 0 aromatic heterocycles. The highest BCUT2D eigenvalue weighted by atomic mass is 16.2. The number of ketones is 1. The summed E-state index contributed by atoms with van der Waals surface area (Å²) in [5, 5.41) is 2.52. The SMILES string of the molecule is CC(=O)c1ccccc1NC(=O)CN1C(=O)C(=O)N(C2CCCC2)C1=O. The topological polar surface area (TPSA) is 104 Å². The molecule has 1 aliphatic carbocycles. The molecular weight excluding hydrogens is 338 g/mol. The molecule has 26 heavy (non-hydrogen) atoms. The molecule has 1 N–H and O–H groups in total. The summed E-state index contributed by atoms with van der Waals surface area (Å²) in [6, 6.07) is 5.41. The molecule has 8 nitrogen and oxygen atoms in total. The Morgan fingerprint density at radius 3 is 2.38 bits per heavy atom. The second-order valence-corrected chi connectivity index (χ2v) is 6.44. The summed E-state index contributed by atoms with van der Waals surface area (Å²) in [7, 11) is 0. The molecule has 0 radical (unpaired) electrons. The van der Waals surface area contributed by atoms with Crippen LogP contribution in [-0.4, -0.2) is 51.9 Å². The van der Waals surface area contributed by atoms with Crippen molar-refractivity contribution in [2.24, 2.45) is 0 Å². The van der Waals surface area contributed by atoms with Gasteiger partial charge in [-0.25, -0.2) is 9.69 Å². The van der Waals surface area contributed by atoms with Crippen LogP contribution in [0.4, 0.5) is 10.5 Å². The molecule has 0 unspecified atom stereocenters. The fourth-order valence-electron chi connectivity index (χ4n) is 3.38. The van der Waals surface area contributed by atoms with Crippen LogP contribution in [0.5, 0.6) is 0 Å². The number of carbonyl (C=O) groups is 5. The zero-order chi connectivity index (χ0) is 18.8. The molecule has 8 heteroatoms. The maximum atomic E-state index is 12.5. The van der Waals surface area contributed by atoms with E-state index in [1.165, 1.54) is 6.92 Å². The first-order valence-corrected chi connectivity index (χ1v) is 8.49. The van der Waals surface area contributed by atoms with Gasteiger partial charge in [0.05, 0.1) is 5.69 Å². The minimum atomic E-state index is -0.989. The van der Waals surface area contributed by atoms with Crippen LogP contribution in [0.2, 0.25) is 0 Å². The van der Waals surface area contributed by atoms with E-state index in [2.05, 4.69) is 5.32 Å². The predicted molar refractivity (Wildman–Crippen MR) is 91.3 cm³/mol. The van der Waals surface area contributed by atoms with Crippen molar-refractivity contribution in [1.29, 1.82) is 0 Å². The summed E-state index contributed by atoms with van der Waals surface area (Å²) in [6.07, 6.45) is 3.16. The van der Waals surface area contributed by atoms with Gasteiger partial charge in [-0.15, -0.1) is 0 Å². The maximum absolute atomic E-state index is 12.5. The van der Waals surface area contributed by atoms with E-state index in [0.29, 0.717) is 29.0 Å². The lowest BCUT2D eigenvalue weighted by molar-refractivity contribution is -0.144. The second-order valence-electron chi connectivity index (χ2n) is 6.44. The number of hydrogen-bond acceptors (Lipinski definition) is 5. The first-order chi connectivity index (χ1) is 12.4. The third kappa shape index (κ3) is 3.22. The van der Waals surface area contributed by atoms with Gasteiger partial charge in [0, 0.05) is 11.6 Å². The summed E-state index contributed by atoms with van der Waals surface area (Å²) in [5.41, 5.74) is 0.617. The van der Waals surface area contributed by atoms with Crippen LogP contribution in [0.25, 0.3) is 0 Å². The molecule has 2 fully saturated rings. The van der Waals surface area contributed by atoms with Crippen LogP contribution in [0.3, 0.4) is 0 Å². The van der Waals surface area contributed by atoms with E-state index in [-0.39, 0.29) is 11.8 Å². The highest BCUT2D eigenvalue weighted by Gasteiger charge is 2.48. The molecule has 1 saturated carbocycles. The number of hydrogen-bond donors (Lipinski definition) is 1. The predicted octanol–water partition coefficient (Wildman–Crippen LogP) is 1.56. The Morgan fingerprint density at radius 2 is 1.73 bits per heavy atom. The van der Waals surface area contributed by atoms with Crippen molar-refractivity contribution in [2.45, 2.75) is 38.6 Å². The fourth-order valence-corrected chi connectivity index (χ4v) is 3.38. The van der Waals surface area contributed by atoms with Crippen molar-refractivity contribution in [3.63, 3.8) is 0 Å². The minimum absolute atomic E-state index is 0.225. The number of nitrogens with one attached hydrogen (secondary N) is 1. The van der Waals surface area contributed by atoms with Crippen molar-refractivity contribution >= 4 is 35.2 Å².